The molecule has 3 heteroatoms. The molecule has 0 saturated carbocycles. The molecule has 1 aliphatic heterocycles. The lowest BCUT2D eigenvalue weighted by molar-refractivity contribution is 0.104. The Hall–Kier alpha value is 0.210. The van der Waals surface area contributed by atoms with Gasteiger partial charge in [0.2, 0.25) is 0 Å². The lowest BCUT2D eigenvalue weighted by Gasteiger charge is -2.37. The Morgan fingerprint density at radius 2 is 2.08 bits per heavy atom. The molecule has 0 spiro atoms. The number of rotatable bonds is 4. The molecule has 1 heterocycles. The van der Waals surface area contributed by atoms with Gasteiger partial charge in [0.15, 0.2) is 0 Å². The van der Waals surface area contributed by atoms with Crippen LogP contribution in [0.3, 0.4) is 0 Å². The van der Waals surface area contributed by atoms with Crippen LogP contribution in [0.1, 0.15) is 19.8 Å². The monoisotopic (exact) mass is 204 g/mol. The first-order chi connectivity index (χ1) is 6.24. The highest BCUT2D eigenvalue weighted by Crippen LogP contribution is 2.07. The maximum absolute atomic E-state index is 5.64. The summed E-state index contributed by atoms with van der Waals surface area (Å²) in [4.78, 5) is 4.98. The van der Waals surface area contributed by atoms with E-state index in [-0.39, 0.29) is 0 Å². The molecule has 1 unspecified atom stereocenters. The van der Waals surface area contributed by atoms with Crippen LogP contribution in [0.5, 0.6) is 0 Å². The van der Waals surface area contributed by atoms with Gasteiger partial charge in [0.25, 0.3) is 0 Å². The Kier molecular flexibility index (Phi) is 5.07. The molecule has 1 fully saturated rings. The Morgan fingerprint density at radius 3 is 2.69 bits per heavy atom. The lowest BCUT2D eigenvalue weighted by atomic mass is 10.2. The second-order valence-electron chi connectivity index (χ2n) is 4.03. The molecule has 0 amide bonds. The van der Waals surface area contributed by atoms with E-state index in [0.717, 1.165) is 12.3 Å². The summed E-state index contributed by atoms with van der Waals surface area (Å²) in [6, 6.07) is 0.713. The van der Waals surface area contributed by atoms with Crippen molar-refractivity contribution >= 4 is 11.6 Å². The molecule has 13 heavy (non-hydrogen) atoms. The fourth-order valence-corrected chi connectivity index (χ4v) is 1.95. The number of unbranched alkanes of at least 4 members (excludes halogenated alkanes) is 1. The predicted octanol–water partition coefficient (Wildman–Crippen LogP) is 1.64. The third-order valence-electron chi connectivity index (χ3n) is 2.90. The van der Waals surface area contributed by atoms with Gasteiger partial charge in [0.05, 0.1) is 0 Å². The zero-order chi connectivity index (χ0) is 9.68. The Bertz CT molecular complexity index is 141. The first-order valence-corrected chi connectivity index (χ1v) is 5.76. The maximum Gasteiger partial charge on any atom is 0.0223 e. The topological polar surface area (TPSA) is 6.48 Å². The molecule has 1 atom stereocenters. The fraction of sp³-hybridized carbons (Fsp3) is 1.00. The molecule has 0 bridgehead atoms. The van der Waals surface area contributed by atoms with Gasteiger partial charge in [-0.3, -0.25) is 0 Å². The molecule has 1 aliphatic rings. The van der Waals surface area contributed by atoms with E-state index in [2.05, 4.69) is 23.8 Å². The number of likely N-dealkylation sites (N-methyl/N-ethyl adjacent to an activating group) is 1. The van der Waals surface area contributed by atoms with Gasteiger partial charge in [0, 0.05) is 31.6 Å². The largest absolute Gasteiger partial charge is 0.301 e. The molecule has 0 aromatic rings. The summed E-state index contributed by atoms with van der Waals surface area (Å²) >= 11 is 5.64. The molecular weight excluding hydrogens is 184 g/mol. The van der Waals surface area contributed by atoms with Gasteiger partial charge in [-0.05, 0) is 33.4 Å². The van der Waals surface area contributed by atoms with Gasteiger partial charge < -0.3 is 9.80 Å². The molecule has 2 nitrogen and oxygen atoms in total. The number of piperazine rings is 1. The molecule has 0 aromatic carbocycles. The van der Waals surface area contributed by atoms with Crippen molar-refractivity contribution < 1.29 is 0 Å². The molecule has 0 aliphatic carbocycles. The van der Waals surface area contributed by atoms with Crippen molar-refractivity contribution in [1.29, 1.82) is 0 Å². The average molecular weight is 205 g/mol. The molecule has 0 radical (unpaired) electrons. The van der Waals surface area contributed by atoms with E-state index in [1.54, 1.807) is 0 Å². The van der Waals surface area contributed by atoms with Crippen molar-refractivity contribution in [2.45, 2.75) is 25.8 Å². The van der Waals surface area contributed by atoms with Crippen LogP contribution >= 0.6 is 11.6 Å². The van der Waals surface area contributed by atoms with Crippen LogP contribution in [0.15, 0.2) is 0 Å². The highest BCUT2D eigenvalue weighted by Gasteiger charge is 2.19. The zero-order valence-electron chi connectivity index (χ0n) is 8.80. The average Bonchev–Trinajstić information content (AvgIpc) is 2.12. The van der Waals surface area contributed by atoms with Crippen molar-refractivity contribution in [3.63, 3.8) is 0 Å². The van der Waals surface area contributed by atoms with Crippen molar-refractivity contribution in [1.82, 2.24) is 9.80 Å². The summed E-state index contributed by atoms with van der Waals surface area (Å²) in [7, 11) is 2.21. The third kappa shape index (κ3) is 3.84. The van der Waals surface area contributed by atoms with E-state index in [1.807, 2.05) is 0 Å². The number of alkyl halides is 1. The molecule has 78 valence electrons. The number of nitrogens with zero attached hydrogens (tertiary/aromatic N) is 2. The van der Waals surface area contributed by atoms with Crippen LogP contribution in [-0.2, 0) is 0 Å². The van der Waals surface area contributed by atoms with Crippen molar-refractivity contribution in [3.8, 4) is 0 Å². The number of halogens is 1. The van der Waals surface area contributed by atoms with Crippen LogP contribution in [0.4, 0.5) is 0 Å². The maximum atomic E-state index is 5.64. The number of hydrogen-bond acceptors (Lipinski definition) is 2. The lowest BCUT2D eigenvalue weighted by Crippen LogP contribution is -2.50. The van der Waals surface area contributed by atoms with E-state index in [4.69, 9.17) is 11.6 Å². The standard InChI is InChI=1S/C10H21ClN2/c1-10-9-13(6-4-3-5-11)8-7-12(10)2/h10H,3-9H2,1-2H3. The smallest absolute Gasteiger partial charge is 0.0223 e. The Balaban J connectivity index is 2.14. The van der Waals surface area contributed by atoms with Crippen LogP contribution in [0.25, 0.3) is 0 Å². The molecule has 1 saturated heterocycles. The first kappa shape index (κ1) is 11.3. The minimum Gasteiger partial charge on any atom is -0.301 e. The van der Waals surface area contributed by atoms with E-state index in [9.17, 15) is 0 Å². The van der Waals surface area contributed by atoms with Crippen LogP contribution in [0.2, 0.25) is 0 Å². The summed E-state index contributed by atoms with van der Waals surface area (Å²) in [6.45, 7) is 7.18. The zero-order valence-corrected chi connectivity index (χ0v) is 9.56. The summed E-state index contributed by atoms with van der Waals surface area (Å²) in [5.41, 5.74) is 0. The van der Waals surface area contributed by atoms with E-state index >= 15 is 0 Å². The van der Waals surface area contributed by atoms with Crippen molar-refractivity contribution in [3.05, 3.63) is 0 Å². The van der Waals surface area contributed by atoms with E-state index < -0.39 is 0 Å². The normalized spacial score (nSPS) is 26.5. The molecule has 0 N–H and O–H groups in total. The van der Waals surface area contributed by atoms with E-state index in [0.29, 0.717) is 6.04 Å². The predicted molar refractivity (Wildman–Crippen MR) is 58.5 cm³/mol. The summed E-state index contributed by atoms with van der Waals surface area (Å²) < 4.78 is 0. The van der Waals surface area contributed by atoms with Crippen LogP contribution < -0.4 is 0 Å². The Morgan fingerprint density at radius 1 is 1.31 bits per heavy atom. The molecule has 1 rings (SSSR count). The van der Waals surface area contributed by atoms with Crippen molar-refractivity contribution in [2.75, 3.05) is 39.1 Å². The summed E-state index contributed by atoms with van der Waals surface area (Å²) in [5.74, 6) is 0.809. The number of hydrogen-bond donors (Lipinski definition) is 0. The first-order valence-electron chi connectivity index (χ1n) is 5.22. The van der Waals surface area contributed by atoms with Crippen LogP contribution in [0, 0.1) is 0 Å². The molecule has 0 aromatic heterocycles. The van der Waals surface area contributed by atoms with Gasteiger partial charge in [-0.25, -0.2) is 0 Å². The van der Waals surface area contributed by atoms with Crippen LogP contribution in [-0.4, -0.2) is 54.9 Å². The molecular formula is C10H21ClN2. The van der Waals surface area contributed by atoms with Gasteiger partial charge in [-0.2, -0.15) is 0 Å². The van der Waals surface area contributed by atoms with Gasteiger partial charge in [-0.15, -0.1) is 11.6 Å². The second kappa shape index (κ2) is 5.84. The fourth-order valence-electron chi connectivity index (χ4n) is 1.76. The minimum absolute atomic E-state index is 0.713. The quantitative estimate of drug-likeness (QED) is 0.508. The van der Waals surface area contributed by atoms with Gasteiger partial charge in [-0.1, -0.05) is 0 Å². The van der Waals surface area contributed by atoms with Gasteiger partial charge >= 0.3 is 0 Å². The SMILES string of the molecule is CC1CN(CCCCCl)CCN1C. The highest BCUT2D eigenvalue weighted by atomic mass is 35.5. The van der Waals surface area contributed by atoms with Gasteiger partial charge in [0.1, 0.15) is 0 Å². The van der Waals surface area contributed by atoms with Crippen molar-refractivity contribution in [2.24, 2.45) is 0 Å². The second-order valence-corrected chi connectivity index (χ2v) is 4.40. The Labute approximate surface area is 86.8 Å². The highest BCUT2D eigenvalue weighted by molar-refractivity contribution is 6.17. The van der Waals surface area contributed by atoms with E-state index in [1.165, 1.54) is 32.6 Å². The summed E-state index contributed by atoms with van der Waals surface area (Å²) in [6.07, 6.45) is 2.40. The minimum atomic E-state index is 0.713. The third-order valence-corrected chi connectivity index (χ3v) is 3.17. The summed E-state index contributed by atoms with van der Waals surface area (Å²) in [5, 5.41) is 0.